The Morgan fingerprint density at radius 1 is 1.23 bits per heavy atom. The number of nitrogens with one attached hydrogen (secondary N) is 1. The molecule has 1 saturated heterocycles. The summed E-state index contributed by atoms with van der Waals surface area (Å²) in [7, 11) is 0. The number of carbonyl (C=O) groups excluding carboxylic acids is 2. The molecule has 2 heterocycles. The summed E-state index contributed by atoms with van der Waals surface area (Å²) in [6.45, 7) is 6.63. The monoisotopic (exact) mass is 492 g/mol. The third kappa shape index (κ3) is 5.14. The Morgan fingerprint density at radius 3 is 2.63 bits per heavy atom. The number of primary amides is 1. The molecule has 2 fully saturated rings. The quantitative estimate of drug-likeness (QED) is 0.497. The average Bonchev–Trinajstić information content (AvgIpc) is 3.59. The molecular weight excluding hydrogens is 460 g/mol. The number of benzene rings is 1. The smallest absolute Gasteiger partial charge is 0.324 e. The lowest BCUT2D eigenvalue weighted by atomic mass is 9.76. The van der Waals surface area contributed by atoms with Crippen LogP contribution in [0.5, 0.6) is 0 Å². The Morgan fingerprint density at radius 2 is 1.94 bits per heavy atom. The van der Waals surface area contributed by atoms with Gasteiger partial charge in [0.1, 0.15) is 6.04 Å². The predicted octanol–water partition coefficient (Wildman–Crippen LogP) is 4.33. The van der Waals surface area contributed by atoms with E-state index in [9.17, 15) is 9.59 Å². The minimum absolute atomic E-state index is 0.128. The van der Waals surface area contributed by atoms with E-state index >= 15 is 0 Å². The van der Waals surface area contributed by atoms with E-state index in [1.165, 1.54) is 21.8 Å². The van der Waals surface area contributed by atoms with Crippen LogP contribution in [0.4, 0.5) is 9.93 Å². The first-order valence-electron chi connectivity index (χ1n) is 11.9. The molecule has 1 saturated carbocycles. The summed E-state index contributed by atoms with van der Waals surface area (Å²) in [4.78, 5) is 35.5. The van der Waals surface area contributed by atoms with Crippen LogP contribution >= 0.6 is 11.3 Å². The standard InChI is InChI=1S/C26H32N6O2S/c1-17-22(35-24(30-17)31-25(34)32-16-8-11-21(32)23(28)33)20(27)12-15-29-18(2)26(13-6-7-14-26)19-9-4-3-5-10-19/h3-5,9-10,12,15,21H,2,6-8,11,13-14,16,27H2,1H3,(H2,28,33)(H,30,31,34)/b20-12-,29-15-/t21-/m0/s1. The van der Waals surface area contributed by atoms with Gasteiger partial charge in [0.05, 0.1) is 16.3 Å². The summed E-state index contributed by atoms with van der Waals surface area (Å²) in [5.74, 6) is -0.492. The van der Waals surface area contributed by atoms with Crippen molar-refractivity contribution in [3.05, 3.63) is 64.8 Å². The Labute approximate surface area is 209 Å². The van der Waals surface area contributed by atoms with Crippen LogP contribution < -0.4 is 16.8 Å². The van der Waals surface area contributed by atoms with Gasteiger partial charge in [0, 0.05) is 23.9 Å². The van der Waals surface area contributed by atoms with Crippen molar-refractivity contribution >= 4 is 40.3 Å². The summed E-state index contributed by atoms with van der Waals surface area (Å²) in [5.41, 5.74) is 14.9. The number of nitrogens with two attached hydrogens (primary N) is 2. The Balaban J connectivity index is 1.45. The van der Waals surface area contributed by atoms with Crippen molar-refractivity contribution in [1.82, 2.24) is 9.88 Å². The molecule has 9 heteroatoms. The van der Waals surface area contributed by atoms with Crippen LogP contribution in [0.3, 0.4) is 0 Å². The van der Waals surface area contributed by atoms with E-state index in [1.807, 2.05) is 13.0 Å². The van der Waals surface area contributed by atoms with E-state index in [0.29, 0.717) is 29.5 Å². The van der Waals surface area contributed by atoms with E-state index in [2.05, 4.69) is 46.1 Å². The van der Waals surface area contributed by atoms with E-state index in [4.69, 9.17) is 11.5 Å². The van der Waals surface area contributed by atoms with Gasteiger partial charge >= 0.3 is 6.03 Å². The molecule has 1 aromatic heterocycles. The van der Waals surface area contributed by atoms with Crippen LogP contribution in [-0.4, -0.2) is 40.6 Å². The summed E-state index contributed by atoms with van der Waals surface area (Å²) in [6.07, 6.45) is 9.16. The van der Waals surface area contributed by atoms with Crippen molar-refractivity contribution < 1.29 is 9.59 Å². The van der Waals surface area contributed by atoms with Crippen molar-refractivity contribution in [2.75, 3.05) is 11.9 Å². The average molecular weight is 493 g/mol. The Hall–Kier alpha value is -3.46. The normalized spacial score (nSPS) is 19.9. The van der Waals surface area contributed by atoms with Gasteiger partial charge in [-0.1, -0.05) is 61.1 Å². The fraction of sp³-hybridized carbons (Fsp3) is 0.385. The third-order valence-corrected chi connectivity index (χ3v) is 8.06. The van der Waals surface area contributed by atoms with Crippen molar-refractivity contribution in [3.8, 4) is 0 Å². The van der Waals surface area contributed by atoms with Gasteiger partial charge in [-0.25, -0.2) is 9.78 Å². The van der Waals surface area contributed by atoms with E-state index in [-0.39, 0.29) is 11.4 Å². The first-order chi connectivity index (χ1) is 16.8. The molecule has 1 aromatic carbocycles. The number of urea groups is 1. The maximum absolute atomic E-state index is 12.6. The highest BCUT2D eigenvalue weighted by molar-refractivity contribution is 7.16. The highest BCUT2D eigenvalue weighted by Gasteiger charge is 2.38. The van der Waals surface area contributed by atoms with Crippen LogP contribution in [0, 0.1) is 6.92 Å². The number of amides is 3. The van der Waals surface area contributed by atoms with Crippen LogP contribution in [0.15, 0.2) is 53.7 Å². The number of nitrogens with zero attached hydrogens (tertiary/aromatic N) is 3. The first-order valence-corrected chi connectivity index (χ1v) is 12.7. The van der Waals surface area contributed by atoms with Crippen molar-refractivity contribution in [1.29, 1.82) is 0 Å². The van der Waals surface area contributed by atoms with Crippen LogP contribution in [-0.2, 0) is 10.2 Å². The molecule has 2 aliphatic rings. The lowest BCUT2D eigenvalue weighted by Gasteiger charge is -2.29. The van der Waals surface area contributed by atoms with Crippen LogP contribution in [0.1, 0.15) is 54.7 Å². The molecule has 1 atom stereocenters. The predicted molar refractivity (Wildman–Crippen MR) is 141 cm³/mol. The fourth-order valence-electron chi connectivity index (χ4n) is 5.07. The molecule has 0 radical (unpaired) electrons. The molecule has 1 aliphatic heterocycles. The molecule has 0 spiro atoms. The number of thiazole rings is 1. The number of hydrogen-bond acceptors (Lipinski definition) is 6. The topological polar surface area (TPSA) is 127 Å². The van der Waals surface area contributed by atoms with E-state index < -0.39 is 11.9 Å². The number of aryl methyl sites for hydroxylation is 1. The number of likely N-dealkylation sites (tertiary alicyclic amines) is 1. The second kappa shape index (κ2) is 10.4. The van der Waals surface area contributed by atoms with Crippen molar-refractivity contribution in [2.45, 2.75) is 56.9 Å². The summed E-state index contributed by atoms with van der Waals surface area (Å²) in [6, 6.07) is 9.49. The van der Waals surface area contributed by atoms with E-state index in [0.717, 1.165) is 42.7 Å². The number of aliphatic imine (C=N–C) groups is 1. The van der Waals surface area contributed by atoms with Crippen molar-refractivity contribution in [2.24, 2.45) is 16.5 Å². The first kappa shape index (κ1) is 24.7. The molecule has 4 rings (SSSR count). The van der Waals surface area contributed by atoms with Gasteiger partial charge in [-0.3, -0.25) is 15.1 Å². The number of rotatable bonds is 7. The maximum atomic E-state index is 12.6. The van der Waals surface area contributed by atoms with Gasteiger partial charge in [0.15, 0.2) is 5.13 Å². The van der Waals surface area contributed by atoms with Gasteiger partial charge in [0.25, 0.3) is 0 Å². The van der Waals surface area contributed by atoms with Gasteiger partial charge in [-0.05, 0) is 44.2 Å². The van der Waals surface area contributed by atoms with Crippen molar-refractivity contribution in [3.63, 3.8) is 0 Å². The third-order valence-electron chi connectivity index (χ3n) is 6.94. The second-order valence-electron chi connectivity index (χ2n) is 9.12. The maximum Gasteiger partial charge on any atom is 0.324 e. The number of aromatic nitrogens is 1. The fourth-order valence-corrected chi connectivity index (χ4v) is 5.97. The minimum Gasteiger partial charge on any atom is -0.397 e. The van der Waals surface area contributed by atoms with Gasteiger partial charge in [0.2, 0.25) is 5.91 Å². The lowest BCUT2D eigenvalue weighted by Crippen LogP contribution is -2.45. The summed E-state index contributed by atoms with van der Waals surface area (Å²) in [5, 5.41) is 3.20. The molecule has 1 aliphatic carbocycles. The van der Waals surface area contributed by atoms with E-state index in [1.54, 1.807) is 12.3 Å². The minimum atomic E-state index is -0.580. The summed E-state index contributed by atoms with van der Waals surface area (Å²) < 4.78 is 0. The zero-order chi connectivity index (χ0) is 25.0. The molecule has 184 valence electrons. The number of carbonyl (C=O) groups is 2. The summed E-state index contributed by atoms with van der Waals surface area (Å²) >= 11 is 1.28. The molecule has 3 amide bonds. The van der Waals surface area contributed by atoms with Gasteiger partial charge < -0.3 is 16.4 Å². The Bertz CT molecular complexity index is 1160. The zero-order valence-corrected chi connectivity index (χ0v) is 20.8. The number of hydrogen-bond donors (Lipinski definition) is 3. The Kier molecular flexibility index (Phi) is 7.35. The van der Waals surface area contributed by atoms with Crippen LogP contribution in [0.25, 0.3) is 5.70 Å². The highest BCUT2D eigenvalue weighted by Crippen LogP contribution is 2.46. The van der Waals surface area contributed by atoms with Crippen LogP contribution in [0.2, 0.25) is 0 Å². The molecule has 0 unspecified atom stereocenters. The largest absolute Gasteiger partial charge is 0.397 e. The van der Waals surface area contributed by atoms with Gasteiger partial charge in [-0.2, -0.15) is 0 Å². The molecular formula is C26H32N6O2S. The number of anilines is 1. The highest BCUT2D eigenvalue weighted by atomic mass is 32.1. The zero-order valence-electron chi connectivity index (χ0n) is 20.0. The molecule has 35 heavy (non-hydrogen) atoms. The molecule has 5 N–H and O–H groups in total. The lowest BCUT2D eigenvalue weighted by molar-refractivity contribution is -0.121. The molecule has 0 bridgehead atoms. The van der Waals surface area contributed by atoms with Gasteiger partial charge in [-0.15, -0.1) is 0 Å². The molecule has 8 nitrogen and oxygen atoms in total. The second-order valence-corrected chi connectivity index (χ2v) is 10.1. The SMILES string of the molecule is C=C(/N=C\C=C(/N)c1sc(NC(=O)N2CCC[C@H]2C(N)=O)nc1C)C1(c2ccccc2)CCCC1. The molecule has 2 aromatic rings. The number of allylic oxidation sites excluding steroid dienone is 2.